The lowest BCUT2D eigenvalue weighted by Gasteiger charge is -2.18. The van der Waals surface area contributed by atoms with E-state index in [4.69, 9.17) is 9.84 Å². The highest BCUT2D eigenvalue weighted by molar-refractivity contribution is 9.09. The van der Waals surface area contributed by atoms with Gasteiger partial charge in [0, 0.05) is 11.8 Å². The fraction of sp³-hybridized carbons (Fsp3) is 0.667. The van der Waals surface area contributed by atoms with E-state index in [0.29, 0.717) is 5.56 Å². The van der Waals surface area contributed by atoms with Crippen LogP contribution in [0.5, 0.6) is 0 Å². The van der Waals surface area contributed by atoms with E-state index in [1.165, 1.54) is 6.20 Å². The summed E-state index contributed by atoms with van der Waals surface area (Å²) in [5.74, 6) is -0.0717. The van der Waals surface area contributed by atoms with Gasteiger partial charge >= 0.3 is 5.69 Å². The van der Waals surface area contributed by atoms with Crippen LogP contribution in [0.2, 0.25) is 0 Å². The molecule has 1 fully saturated rings. The zero-order chi connectivity index (χ0) is 15.0. The summed E-state index contributed by atoms with van der Waals surface area (Å²) < 4.78 is 6.63. The minimum absolute atomic E-state index is 0.0717. The maximum absolute atomic E-state index is 11.9. The molecular formula is C12H17BrN2O5. The standard InChI is InChI=1S/C12H17BrN2O5/c1-5(2)6-3-15(12(19)14-10(6)18)11-9(17)8(13)7(4-16)20-11/h3,5,7-9,11,16-17H,4H2,1-2H3,(H,14,18,19)/t7-,8+,9-,11-/m1/s1. The van der Waals surface area contributed by atoms with Gasteiger partial charge < -0.3 is 14.9 Å². The summed E-state index contributed by atoms with van der Waals surface area (Å²) in [6, 6.07) is 0. The predicted molar refractivity (Wildman–Crippen MR) is 75.1 cm³/mol. The average Bonchev–Trinajstić information content (AvgIpc) is 2.66. The second-order valence-electron chi connectivity index (χ2n) is 5.09. The maximum atomic E-state index is 11.9. The molecule has 0 bridgehead atoms. The van der Waals surface area contributed by atoms with Crippen molar-refractivity contribution in [3.05, 3.63) is 32.6 Å². The van der Waals surface area contributed by atoms with E-state index >= 15 is 0 Å². The number of hydrogen-bond donors (Lipinski definition) is 3. The van der Waals surface area contributed by atoms with Gasteiger partial charge in [0.25, 0.3) is 5.56 Å². The van der Waals surface area contributed by atoms with Crippen LogP contribution in [-0.2, 0) is 4.74 Å². The number of aromatic amines is 1. The van der Waals surface area contributed by atoms with Gasteiger partial charge in [0.2, 0.25) is 0 Å². The first-order valence-corrected chi connectivity index (χ1v) is 7.22. The molecule has 8 heteroatoms. The molecule has 2 heterocycles. The molecule has 0 spiro atoms. The summed E-state index contributed by atoms with van der Waals surface area (Å²) in [6.07, 6.45) is -1.16. The van der Waals surface area contributed by atoms with Crippen molar-refractivity contribution in [2.24, 2.45) is 0 Å². The molecule has 0 aromatic carbocycles. The Balaban J connectivity index is 2.46. The molecule has 0 saturated carbocycles. The third-order valence-corrected chi connectivity index (χ3v) is 4.49. The molecule has 0 unspecified atom stereocenters. The molecule has 1 aliphatic heterocycles. The third kappa shape index (κ3) is 2.60. The molecule has 2 rings (SSSR count). The first-order valence-electron chi connectivity index (χ1n) is 6.30. The molecule has 1 aromatic heterocycles. The van der Waals surface area contributed by atoms with Crippen LogP contribution in [0.4, 0.5) is 0 Å². The number of aromatic nitrogens is 2. The van der Waals surface area contributed by atoms with Gasteiger partial charge in [-0.2, -0.15) is 0 Å². The Bertz CT molecular complexity index is 596. The number of rotatable bonds is 3. The smallest absolute Gasteiger partial charge is 0.330 e. The zero-order valence-electron chi connectivity index (χ0n) is 11.1. The van der Waals surface area contributed by atoms with E-state index < -0.39 is 34.5 Å². The normalized spacial score (nSPS) is 30.1. The van der Waals surface area contributed by atoms with Crippen molar-refractivity contribution in [1.29, 1.82) is 0 Å². The van der Waals surface area contributed by atoms with Crippen molar-refractivity contribution in [1.82, 2.24) is 9.55 Å². The maximum Gasteiger partial charge on any atom is 0.330 e. The Morgan fingerprint density at radius 3 is 2.65 bits per heavy atom. The summed E-state index contributed by atoms with van der Waals surface area (Å²) in [6.45, 7) is 3.38. The predicted octanol–water partition coefficient (Wildman–Crippen LogP) is -0.326. The molecule has 1 aromatic rings. The molecular weight excluding hydrogens is 332 g/mol. The minimum Gasteiger partial charge on any atom is -0.394 e. The molecule has 20 heavy (non-hydrogen) atoms. The summed E-state index contributed by atoms with van der Waals surface area (Å²) in [7, 11) is 0. The van der Waals surface area contributed by atoms with Gasteiger partial charge in [0.15, 0.2) is 6.23 Å². The highest BCUT2D eigenvalue weighted by Crippen LogP contribution is 2.32. The van der Waals surface area contributed by atoms with E-state index in [2.05, 4.69) is 20.9 Å². The molecule has 1 saturated heterocycles. The number of aliphatic hydroxyl groups excluding tert-OH is 2. The summed E-state index contributed by atoms with van der Waals surface area (Å²) in [4.78, 5) is 25.3. The quantitative estimate of drug-likeness (QED) is 0.649. The Hall–Kier alpha value is -0.960. The second-order valence-corrected chi connectivity index (χ2v) is 6.15. The van der Waals surface area contributed by atoms with E-state index in [-0.39, 0.29) is 12.5 Å². The van der Waals surface area contributed by atoms with E-state index in [0.717, 1.165) is 4.57 Å². The lowest BCUT2D eigenvalue weighted by atomic mass is 10.1. The minimum atomic E-state index is -1.00. The van der Waals surface area contributed by atoms with Crippen LogP contribution in [0.15, 0.2) is 15.8 Å². The van der Waals surface area contributed by atoms with Gasteiger partial charge in [-0.1, -0.05) is 29.8 Å². The van der Waals surface area contributed by atoms with Gasteiger partial charge in [-0.3, -0.25) is 14.3 Å². The van der Waals surface area contributed by atoms with E-state index in [1.54, 1.807) is 0 Å². The Morgan fingerprint density at radius 2 is 2.15 bits per heavy atom. The monoisotopic (exact) mass is 348 g/mol. The Kier molecular flexibility index (Phi) is 4.48. The molecule has 0 amide bonds. The van der Waals surface area contributed by atoms with Crippen LogP contribution >= 0.6 is 15.9 Å². The SMILES string of the molecule is CC(C)c1cn([C@@H]2O[C@H](CO)[C@H](Br)[C@H]2O)c(=O)[nH]c1=O. The van der Waals surface area contributed by atoms with E-state index in [1.807, 2.05) is 13.8 Å². The fourth-order valence-corrected chi connectivity index (χ4v) is 2.74. The number of H-pyrrole nitrogens is 1. The molecule has 0 radical (unpaired) electrons. The van der Waals surface area contributed by atoms with Crippen LogP contribution in [0.25, 0.3) is 0 Å². The highest BCUT2D eigenvalue weighted by atomic mass is 79.9. The number of nitrogens with zero attached hydrogens (tertiary/aromatic N) is 1. The summed E-state index contributed by atoms with van der Waals surface area (Å²) >= 11 is 3.23. The van der Waals surface area contributed by atoms with Crippen molar-refractivity contribution in [2.45, 2.75) is 43.0 Å². The van der Waals surface area contributed by atoms with E-state index in [9.17, 15) is 14.7 Å². The summed E-state index contributed by atoms with van der Waals surface area (Å²) in [5, 5.41) is 19.3. The molecule has 3 N–H and O–H groups in total. The van der Waals surface area contributed by atoms with Gasteiger partial charge in [-0.15, -0.1) is 0 Å². The number of hydrogen-bond acceptors (Lipinski definition) is 5. The zero-order valence-corrected chi connectivity index (χ0v) is 12.7. The van der Waals surface area contributed by atoms with Crippen molar-refractivity contribution >= 4 is 15.9 Å². The second kappa shape index (κ2) is 5.80. The van der Waals surface area contributed by atoms with Crippen LogP contribution < -0.4 is 11.2 Å². The molecule has 112 valence electrons. The van der Waals surface area contributed by atoms with Crippen molar-refractivity contribution < 1.29 is 14.9 Å². The van der Waals surface area contributed by atoms with Crippen LogP contribution in [-0.4, -0.2) is 43.4 Å². The number of halogens is 1. The lowest BCUT2D eigenvalue weighted by molar-refractivity contribution is -0.0531. The summed E-state index contributed by atoms with van der Waals surface area (Å²) in [5.41, 5.74) is -0.663. The topological polar surface area (TPSA) is 105 Å². The Morgan fingerprint density at radius 1 is 1.50 bits per heavy atom. The van der Waals surface area contributed by atoms with Gasteiger partial charge in [0.05, 0.1) is 17.5 Å². The number of alkyl halides is 1. The van der Waals surface area contributed by atoms with Crippen LogP contribution in [0.1, 0.15) is 31.6 Å². The van der Waals surface area contributed by atoms with Crippen molar-refractivity contribution in [3.8, 4) is 0 Å². The third-order valence-electron chi connectivity index (χ3n) is 3.36. The molecule has 7 nitrogen and oxygen atoms in total. The number of ether oxygens (including phenoxy) is 1. The molecule has 0 aliphatic carbocycles. The molecule has 1 aliphatic rings. The number of nitrogens with one attached hydrogen (secondary N) is 1. The van der Waals surface area contributed by atoms with Crippen molar-refractivity contribution in [3.63, 3.8) is 0 Å². The molecule has 4 atom stereocenters. The van der Waals surface area contributed by atoms with Crippen LogP contribution in [0.3, 0.4) is 0 Å². The fourth-order valence-electron chi connectivity index (χ4n) is 2.19. The van der Waals surface area contributed by atoms with Crippen LogP contribution in [0, 0.1) is 0 Å². The highest BCUT2D eigenvalue weighted by Gasteiger charge is 2.43. The van der Waals surface area contributed by atoms with Gasteiger partial charge in [-0.25, -0.2) is 4.79 Å². The number of aliphatic hydroxyl groups is 2. The lowest BCUT2D eigenvalue weighted by Crippen LogP contribution is -2.38. The first kappa shape index (κ1) is 15.4. The first-order chi connectivity index (χ1) is 9.36. The van der Waals surface area contributed by atoms with Crippen molar-refractivity contribution in [2.75, 3.05) is 6.61 Å². The largest absolute Gasteiger partial charge is 0.394 e. The van der Waals surface area contributed by atoms with Gasteiger partial charge in [-0.05, 0) is 5.92 Å². The van der Waals surface area contributed by atoms with Gasteiger partial charge in [0.1, 0.15) is 6.10 Å². The average molecular weight is 349 g/mol. The Labute approximate surface area is 123 Å².